The number of ether oxygens (including phenoxy) is 3. The second kappa shape index (κ2) is 6.40. The fourth-order valence-electron chi connectivity index (χ4n) is 2.23. The lowest BCUT2D eigenvalue weighted by Gasteiger charge is -2.41. The second-order valence-corrected chi connectivity index (χ2v) is 5.37. The molecule has 3 heteroatoms. The summed E-state index contributed by atoms with van der Waals surface area (Å²) in [7, 11) is 1.72. The molecule has 0 aromatic heterocycles. The Bertz CT molecular complexity index is 387. The van der Waals surface area contributed by atoms with Crippen molar-refractivity contribution in [2.75, 3.05) is 13.7 Å². The molecule has 1 saturated heterocycles. The quantitative estimate of drug-likeness (QED) is 0.786. The van der Waals surface area contributed by atoms with Gasteiger partial charge in [-0.25, -0.2) is 0 Å². The van der Waals surface area contributed by atoms with Gasteiger partial charge in [0.05, 0.1) is 24.9 Å². The third-order valence-corrected chi connectivity index (χ3v) is 3.98. The van der Waals surface area contributed by atoms with Crippen LogP contribution in [0.2, 0.25) is 0 Å². The van der Waals surface area contributed by atoms with Gasteiger partial charge in [-0.15, -0.1) is 0 Å². The molecule has 0 N–H and O–H groups in total. The molecule has 0 aliphatic carbocycles. The van der Waals surface area contributed by atoms with Crippen molar-refractivity contribution >= 4 is 0 Å². The van der Waals surface area contributed by atoms with Gasteiger partial charge in [-0.2, -0.15) is 0 Å². The van der Waals surface area contributed by atoms with Crippen LogP contribution in [0.4, 0.5) is 0 Å². The largest absolute Gasteiger partial charge is 0.493 e. The summed E-state index contributed by atoms with van der Waals surface area (Å²) in [5, 5.41) is 0. The van der Waals surface area contributed by atoms with Gasteiger partial charge in [0.2, 0.25) is 0 Å². The Balaban J connectivity index is 1.82. The van der Waals surface area contributed by atoms with Gasteiger partial charge in [0, 0.05) is 19.4 Å². The third-order valence-electron chi connectivity index (χ3n) is 3.98. The second-order valence-electron chi connectivity index (χ2n) is 5.37. The van der Waals surface area contributed by atoms with Crippen LogP contribution in [-0.4, -0.2) is 25.9 Å². The summed E-state index contributed by atoms with van der Waals surface area (Å²) in [4.78, 5) is 0. The number of hydrogen-bond donors (Lipinski definition) is 0. The van der Waals surface area contributed by atoms with Crippen LogP contribution < -0.4 is 4.74 Å². The van der Waals surface area contributed by atoms with E-state index < -0.39 is 0 Å². The lowest BCUT2D eigenvalue weighted by molar-refractivity contribution is -0.170. The predicted octanol–water partition coefficient (Wildman–Crippen LogP) is 3.59. The molecule has 1 aromatic carbocycles. The SMILES string of the molecule is COC(C)CCOc1ccc(C2OC(C)C2C)cc1. The first kappa shape index (κ1) is 14.4. The lowest BCUT2D eigenvalue weighted by atomic mass is 9.87. The van der Waals surface area contributed by atoms with E-state index in [1.165, 1.54) is 5.56 Å². The van der Waals surface area contributed by atoms with E-state index in [1.54, 1.807) is 7.11 Å². The summed E-state index contributed by atoms with van der Waals surface area (Å²) in [6.45, 7) is 7.08. The molecule has 106 valence electrons. The van der Waals surface area contributed by atoms with Crippen LogP contribution in [0.15, 0.2) is 24.3 Å². The molecule has 4 unspecified atom stereocenters. The molecule has 0 radical (unpaired) electrons. The van der Waals surface area contributed by atoms with Crippen LogP contribution in [0.25, 0.3) is 0 Å². The summed E-state index contributed by atoms with van der Waals surface area (Å²) >= 11 is 0. The molecule has 1 aliphatic rings. The fourth-order valence-corrected chi connectivity index (χ4v) is 2.23. The summed E-state index contributed by atoms with van der Waals surface area (Å²) in [5.74, 6) is 1.50. The van der Waals surface area contributed by atoms with Crippen LogP contribution in [0, 0.1) is 5.92 Å². The maximum atomic E-state index is 5.75. The minimum Gasteiger partial charge on any atom is -0.493 e. The Morgan fingerprint density at radius 1 is 1.21 bits per heavy atom. The van der Waals surface area contributed by atoms with Crippen molar-refractivity contribution in [1.82, 2.24) is 0 Å². The van der Waals surface area contributed by atoms with Crippen LogP contribution in [0.5, 0.6) is 5.75 Å². The molecule has 1 aliphatic heterocycles. The highest BCUT2D eigenvalue weighted by molar-refractivity contribution is 5.29. The lowest BCUT2D eigenvalue weighted by Crippen LogP contribution is -2.38. The van der Waals surface area contributed by atoms with E-state index >= 15 is 0 Å². The molecule has 2 rings (SSSR count). The van der Waals surface area contributed by atoms with E-state index in [4.69, 9.17) is 14.2 Å². The Kier molecular flexibility index (Phi) is 4.83. The standard InChI is InChI=1S/C16H24O3/c1-11(17-4)9-10-18-15-7-5-14(6-8-15)16-12(2)13(3)19-16/h5-8,11-13,16H,9-10H2,1-4H3. The zero-order chi connectivity index (χ0) is 13.8. The van der Waals surface area contributed by atoms with E-state index in [2.05, 4.69) is 26.0 Å². The van der Waals surface area contributed by atoms with E-state index in [-0.39, 0.29) is 12.2 Å². The van der Waals surface area contributed by atoms with Gasteiger partial charge >= 0.3 is 0 Å². The summed E-state index contributed by atoms with van der Waals surface area (Å²) in [6.07, 6.45) is 1.76. The molecule has 19 heavy (non-hydrogen) atoms. The van der Waals surface area contributed by atoms with E-state index in [1.807, 2.05) is 19.1 Å². The van der Waals surface area contributed by atoms with Crippen molar-refractivity contribution in [3.05, 3.63) is 29.8 Å². The van der Waals surface area contributed by atoms with Gasteiger partial charge in [0.25, 0.3) is 0 Å². The van der Waals surface area contributed by atoms with Crippen molar-refractivity contribution in [3.63, 3.8) is 0 Å². The van der Waals surface area contributed by atoms with Crippen molar-refractivity contribution in [1.29, 1.82) is 0 Å². The maximum absolute atomic E-state index is 5.75. The zero-order valence-electron chi connectivity index (χ0n) is 12.3. The van der Waals surface area contributed by atoms with E-state index in [0.29, 0.717) is 18.6 Å². The molecule has 0 amide bonds. The van der Waals surface area contributed by atoms with Crippen molar-refractivity contribution in [3.8, 4) is 5.75 Å². The first-order valence-electron chi connectivity index (χ1n) is 7.03. The molecular weight excluding hydrogens is 240 g/mol. The number of benzene rings is 1. The molecule has 0 bridgehead atoms. The average molecular weight is 264 g/mol. The minimum absolute atomic E-state index is 0.241. The normalized spacial score (nSPS) is 27.7. The van der Waals surface area contributed by atoms with Crippen molar-refractivity contribution in [2.24, 2.45) is 5.92 Å². The minimum atomic E-state index is 0.241. The zero-order valence-corrected chi connectivity index (χ0v) is 12.3. The molecule has 0 spiro atoms. The van der Waals surface area contributed by atoms with Crippen molar-refractivity contribution < 1.29 is 14.2 Å². The van der Waals surface area contributed by atoms with Gasteiger partial charge in [-0.05, 0) is 31.5 Å². The molecule has 1 heterocycles. The van der Waals surface area contributed by atoms with Crippen LogP contribution in [-0.2, 0) is 9.47 Å². The first-order valence-corrected chi connectivity index (χ1v) is 7.03. The van der Waals surface area contributed by atoms with Gasteiger partial charge in [-0.3, -0.25) is 0 Å². The highest BCUT2D eigenvalue weighted by atomic mass is 16.5. The Hall–Kier alpha value is -1.06. The molecular formula is C16H24O3. The van der Waals surface area contributed by atoms with E-state index in [0.717, 1.165) is 12.2 Å². The fraction of sp³-hybridized carbons (Fsp3) is 0.625. The van der Waals surface area contributed by atoms with Crippen LogP contribution >= 0.6 is 0 Å². The Morgan fingerprint density at radius 2 is 1.89 bits per heavy atom. The Labute approximate surface area is 115 Å². The Morgan fingerprint density at radius 3 is 2.42 bits per heavy atom. The van der Waals surface area contributed by atoms with Crippen LogP contribution in [0.1, 0.15) is 38.9 Å². The van der Waals surface area contributed by atoms with Crippen molar-refractivity contribution in [2.45, 2.75) is 45.5 Å². The predicted molar refractivity (Wildman–Crippen MR) is 75.5 cm³/mol. The third kappa shape index (κ3) is 3.48. The highest BCUT2D eigenvalue weighted by Gasteiger charge is 2.36. The number of methoxy groups -OCH3 is 1. The summed E-state index contributed by atoms with van der Waals surface area (Å²) in [6, 6.07) is 8.24. The smallest absolute Gasteiger partial charge is 0.119 e. The molecule has 3 nitrogen and oxygen atoms in total. The van der Waals surface area contributed by atoms with Gasteiger partial charge in [0.1, 0.15) is 5.75 Å². The average Bonchev–Trinajstić information content (AvgIpc) is 2.45. The number of rotatable bonds is 6. The molecule has 1 aromatic rings. The molecule has 1 fully saturated rings. The maximum Gasteiger partial charge on any atom is 0.119 e. The molecule has 0 saturated carbocycles. The topological polar surface area (TPSA) is 27.7 Å². The van der Waals surface area contributed by atoms with Crippen LogP contribution in [0.3, 0.4) is 0 Å². The molecule has 4 atom stereocenters. The van der Waals surface area contributed by atoms with Gasteiger partial charge in [-0.1, -0.05) is 19.1 Å². The highest BCUT2D eigenvalue weighted by Crippen LogP contribution is 2.40. The van der Waals surface area contributed by atoms with Gasteiger partial charge < -0.3 is 14.2 Å². The summed E-state index contributed by atoms with van der Waals surface area (Å²) < 4.78 is 16.6. The summed E-state index contributed by atoms with van der Waals surface area (Å²) in [5.41, 5.74) is 1.24. The number of hydrogen-bond acceptors (Lipinski definition) is 3. The monoisotopic (exact) mass is 264 g/mol. The van der Waals surface area contributed by atoms with Gasteiger partial charge in [0.15, 0.2) is 0 Å². The van der Waals surface area contributed by atoms with E-state index in [9.17, 15) is 0 Å². The first-order chi connectivity index (χ1) is 9.11.